The summed E-state index contributed by atoms with van der Waals surface area (Å²) in [4.78, 5) is 21.9. The molecule has 0 rings (SSSR count). The molecule has 0 aliphatic carbocycles. The molecular formula is C20H43NO7P+. The molecule has 174 valence electrons. The number of likely N-dealkylation sites (N-methyl/N-ethyl adjacent to an activating group) is 1. The average molecular weight is 441 g/mol. The lowest BCUT2D eigenvalue weighted by atomic mass is 10.2. The van der Waals surface area contributed by atoms with Crippen LogP contribution in [-0.4, -0.2) is 75.6 Å². The summed E-state index contributed by atoms with van der Waals surface area (Å²) in [6, 6.07) is 0. The standard InChI is InChI=1S/C20H42NO7P/c1-6-8-10-12-15-25-17-19(28-20(22)13-11-9-7-2)18-27-29(23,24)26-16-14-21(3,4)5/h19H,6-18H2,1-5H3/p+1. The van der Waals surface area contributed by atoms with Gasteiger partial charge in [0.25, 0.3) is 0 Å². The minimum atomic E-state index is -4.21. The van der Waals surface area contributed by atoms with Gasteiger partial charge >= 0.3 is 13.8 Å². The molecule has 0 saturated heterocycles. The minimum absolute atomic E-state index is 0.0900. The summed E-state index contributed by atoms with van der Waals surface area (Å²) < 4.78 is 33.7. The molecule has 0 aromatic carbocycles. The first-order valence-corrected chi connectivity index (χ1v) is 12.3. The summed E-state index contributed by atoms with van der Waals surface area (Å²) in [5.74, 6) is -0.347. The number of esters is 1. The molecule has 0 aromatic heterocycles. The van der Waals surface area contributed by atoms with Crippen molar-refractivity contribution in [2.24, 2.45) is 0 Å². The quantitative estimate of drug-likeness (QED) is 0.141. The number of hydrogen-bond acceptors (Lipinski definition) is 6. The first-order chi connectivity index (χ1) is 13.6. The molecule has 0 aliphatic heterocycles. The highest BCUT2D eigenvalue weighted by molar-refractivity contribution is 7.47. The largest absolute Gasteiger partial charge is 0.472 e. The molecule has 2 unspecified atom stereocenters. The van der Waals surface area contributed by atoms with Crippen LogP contribution < -0.4 is 0 Å². The number of phosphoric ester groups is 1. The molecule has 0 amide bonds. The molecule has 29 heavy (non-hydrogen) atoms. The molecule has 9 heteroatoms. The third kappa shape index (κ3) is 19.2. The van der Waals surface area contributed by atoms with Crippen LogP contribution in [0.2, 0.25) is 0 Å². The van der Waals surface area contributed by atoms with E-state index in [1.54, 1.807) is 0 Å². The molecule has 0 fully saturated rings. The van der Waals surface area contributed by atoms with Gasteiger partial charge in [-0.3, -0.25) is 13.8 Å². The van der Waals surface area contributed by atoms with Gasteiger partial charge in [-0.2, -0.15) is 0 Å². The summed E-state index contributed by atoms with van der Waals surface area (Å²) in [5.41, 5.74) is 0. The van der Waals surface area contributed by atoms with Crippen LogP contribution in [0.3, 0.4) is 0 Å². The van der Waals surface area contributed by atoms with Crippen molar-refractivity contribution in [2.45, 2.75) is 71.3 Å². The normalized spacial score (nSPS) is 15.1. The Kier molecular flexibility index (Phi) is 15.9. The first-order valence-electron chi connectivity index (χ1n) is 10.8. The van der Waals surface area contributed by atoms with Crippen molar-refractivity contribution in [3.05, 3.63) is 0 Å². The second kappa shape index (κ2) is 16.2. The number of rotatable bonds is 19. The van der Waals surface area contributed by atoms with Crippen molar-refractivity contribution in [1.82, 2.24) is 0 Å². The molecule has 1 N–H and O–H groups in total. The van der Waals surface area contributed by atoms with E-state index in [0.717, 1.165) is 44.9 Å². The molecule has 0 aromatic rings. The number of hydrogen-bond donors (Lipinski definition) is 1. The van der Waals surface area contributed by atoms with Crippen LogP contribution in [0.15, 0.2) is 0 Å². The molecule has 0 aliphatic rings. The predicted octanol–water partition coefficient (Wildman–Crippen LogP) is 3.92. The Hall–Kier alpha value is -0.500. The predicted molar refractivity (Wildman–Crippen MR) is 114 cm³/mol. The van der Waals surface area contributed by atoms with Gasteiger partial charge in [-0.05, 0) is 12.8 Å². The zero-order valence-corrected chi connectivity index (χ0v) is 20.0. The van der Waals surface area contributed by atoms with Gasteiger partial charge < -0.3 is 18.9 Å². The van der Waals surface area contributed by atoms with Crippen LogP contribution in [-0.2, 0) is 27.9 Å². The maximum atomic E-state index is 12.1. The van der Waals surface area contributed by atoms with Crippen LogP contribution in [0.25, 0.3) is 0 Å². The van der Waals surface area contributed by atoms with E-state index in [4.69, 9.17) is 18.5 Å². The third-order valence-corrected chi connectivity index (χ3v) is 5.15. The van der Waals surface area contributed by atoms with Gasteiger partial charge in [-0.25, -0.2) is 4.57 Å². The fraction of sp³-hybridized carbons (Fsp3) is 0.950. The zero-order chi connectivity index (χ0) is 22.2. The summed E-state index contributed by atoms with van der Waals surface area (Å²) in [6.07, 6.45) is 6.61. The van der Waals surface area contributed by atoms with Crippen molar-refractivity contribution in [3.8, 4) is 0 Å². The fourth-order valence-electron chi connectivity index (χ4n) is 2.37. The van der Waals surface area contributed by atoms with Crippen molar-refractivity contribution in [3.63, 3.8) is 0 Å². The van der Waals surface area contributed by atoms with Crippen molar-refractivity contribution in [1.29, 1.82) is 0 Å². The van der Waals surface area contributed by atoms with Gasteiger partial charge in [0.2, 0.25) is 0 Å². The highest BCUT2D eigenvalue weighted by atomic mass is 31.2. The number of ether oxygens (including phenoxy) is 2. The zero-order valence-electron chi connectivity index (χ0n) is 19.1. The van der Waals surface area contributed by atoms with Gasteiger partial charge in [-0.15, -0.1) is 0 Å². The molecule has 8 nitrogen and oxygen atoms in total. The number of unbranched alkanes of at least 4 members (excludes halogenated alkanes) is 5. The van der Waals surface area contributed by atoms with E-state index in [1.807, 2.05) is 21.1 Å². The van der Waals surface area contributed by atoms with Crippen molar-refractivity contribution >= 4 is 13.8 Å². The fourth-order valence-corrected chi connectivity index (χ4v) is 3.11. The Balaban J connectivity index is 4.45. The van der Waals surface area contributed by atoms with E-state index in [-0.39, 0.29) is 25.8 Å². The monoisotopic (exact) mass is 440 g/mol. The Morgan fingerprint density at radius 2 is 1.59 bits per heavy atom. The van der Waals surface area contributed by atoms with Crippen LogP contribution in [0, 0.1) is 0 Å². The van der Waals surface area contributed by atoms with E-state index in [9.17, 15) is 14.3 Å². The number of quaternary nitrogens is 1. The number of carbonyl (C=O) groups excluding carboxylic acids is 1. The number of nitrogens with zero attached hydrogens (tertiary/aromatic N) is 1. The second-order valence-electron chi connectivity index (χ2n) is 8.32. The Morgan fingerprint density at radius 1 is 0.931 bits per heavy atom. The molecule has 0 spiro atoms. The highest BCUT2D eigenvalue weighted by Gasteiger charge is 2.26. The molecule has 0 heterocycles. The lowest BCUT2D eigenvalue weighted by molar-refractivity contribution is -0.870. The minimum Gasteiger partial charge on any atom is -0.457 e. The van der Waals surface area contributed by atoms with E-state index in [0.29, 0.717) is 24.1 Å². The van der Waals surface area contributed by atoms with Crippen LogP contribution in [0.4, 0.5) is 0 Å². The van der Waals surface area contributed by atoms with Crippen molar-refractivity contribution < 1.29 is 37.3 Å². The van der Waals surface area contributed by atoms with Gasteiger partial charge in [0.1, 0.15) is 19.3 Å². The van der Waals surface area contributed by atoms with Crippen LogP contribution in [0.5, 0.6) is 0 Å². The Bertz CT molecular complexity index is 468. The number of phosphoric acid groups is 1. The van der Waals surface area contributed by atoms with Crippen molar-refractivity contribution in [2.75, 3.05) is 54.1 Å². The topological polar surface area (TPSA) is 91.3 Å². The van der Waals surface area contributed by atoms with Crippen LogP contribution >= 0.6 is 7.82 Å². The lowest BCUT2D eigenvalue weighted by Gasteiger charge is -2.24. The smallest absolute Gasteiger partial charge is 0.457 e. The lowest BCUT2D eigenvalue weighted by Crippen LogP contribution is -2.37. The Morgan fingerprint density at radius 3 is 2.21 bits per heavy atom. The van der Waals surface area contributed by atoms with E-state index < -0.39 is 13.9 Å². The second-order valence-corrected chi connectivity index (χ2v) is 9.77. The summed E-state index contributed by atoms with van der Waals surface area (Å²) in [5, 5.41) is 0. The van der Waals surface area contributed by atoms with E-state index in [2.05, 4.69) is 13.8 Å². The maximum absolute atomic E-state index is 12.1. The highest BCUT2D eigenvalue weighted by Crippen LogP contribution is 2.43. The molecule has 0 saturated carbocycles. The average Bonchev–Trinajstić information content (AvgIpc) is 2.61. The van der Waals surface area contributed by atoms with E-state index >= 15 is 0 Å². The summed E-state index contributed by atoms with van der Waals surface area (Å²) in [7, 11) is 1.66. The molecular weight excluding hydrogens is 397 g/mol. The first kappa shape index (κ1) is 28.5. The van der Waals surface area contributed by atoms with Gasteiger partial charge in [0, 0.05) is 13.0 Å². The third-order valence-electron chi connectivity index (χ3n) is 4.17. The summed E-state index contributed by atoms with van der Waals surface area (Å²) >= 11 is 0. The van der Waals surface area contributed by atoms with Gasteiger partial charge in [-0.1, -0.05) is 46.0 Å². The van der Waals surface area contributed by atoms with Gasteiger partial charge in [0.05, 0.1) is 34.4 Å². The van der Waals surface area contributed by atoms with Gasteiger partial charge in [0.15, 0.2) is 0 Å². The number of carbonyl (C=O) groups is 1. The van der Waals surface area contributed by atoms with Crippen LogP contribution in [0.1, 0.15) is 65.2 Å². The SMILES string of the molecule is CCCCCCOCC(COP(=O)(O)OCC[N+](C)(C)C)OC(=O)CCCCC. The summed E-state index contributed by atoms with van der Waals surface area (Å²) in [6.45, 7) is 5.29. The molecule has 0 bridgehead atoms. The molecule has 2 atom stereocenters. The van der Waals surface area contributed by atoms with E-state index in [1.165, 1.54) is 0 Å². The molecule has 0 radical (unpaired) electrons. The maximum Gasteiger partial charge on any atom is 0.472 e. The Labute approximate surface area is 177 Å².